The van der Waals surface area contributed by atoms with Gasteiger partial charge in [0, 0.05) is 12.4 Å². The van der Waals surface area contributed by atoms with Gasteiger partial charge in [0.05, 0.1) is 11.3 Å². The predicted molar refractivity (Wildman–Crippen MR) is 83.9 cm³/mol. The highest BCUT2D eigenvalue weighted by atomic mass is 16.5. The minimum absolute atomic E-state index is 0.257. The highest BCUT2D eigenvalue weighted by Crippen LogP contribution is 2.12. The van der Waals surface area contributed by atoms with Crippen LogP contribution in [-0.2, 0) is 11.3 Å². The van der Waals surface area contributed by atoms with E-state index in [4.69, 9.17) is 4.74 Å². The van der Waals surface area contributed by atoms with Crippen molar-refractivity contribution in [3.05, 3.63) is 83.7 Å². The fourth-order valence-corrected chi connectivity index (χ4v) is 2.20. The normalized spacial score (nSPS) is 10.4. The molecule has 2 aromatic carbocycles. The van der Waals surface area contributed by atoms with Crippen molar-refractivity contribution >= 4 is 5.97 Å². The molecule has 0 bridgehead atoms. The van der Waals surface area contributed by atoms with Crippen LogP contribution in [-0.4, -0.2) is 15.7 Å². The van der Waals surface area contributed by atoms with E-state index in [1.54, 1.807) is 16.9 Å². The van der Waals surface area contributed by atoms with Crippen LogP contribution in [0.25, 0.3) is 5.69 Å². The first kappa shape index (κ1) is 14.1. The maximum atomic E-state index is 12.1. The molecule has 0 saturated heterocycles. The number of aryl methyl sites for hydroxylation is 1. The minimum Gasteiger partial charge on any atom is -0.457 e. The topological polar surface area (TPSA) is 44.1 Å². The molecular formula is C18H16N2O2. The molecule has 0 saturated carbocycles. The Kier molecular flexibility index (Phi) is 4.01. The summed E-state index contributed by atoms with van der Waals surface area (Å²) >= 11 is 0. The summed E-state index contributed by atoms with van der Waals surface area (Å²) in [7, 11) is 0. The van der Waals surface area contributed by atoms with Gasteiger partial charge in [-0.3, -0.25) is 0 Å². The first-order valence-electron chi connectivity index (χ1n) is 7.06. The Morgan fingerprint density at radius 3 is 2.55 bits per heavy atom. The Balaban J connectivity index is 1.64. The molecule has 0 N–H and O–H groups in total. The van der Waals surface area contributed by atoms with Crippen molar-refractivity contribution in [2.75, 3.05) is 0 Å². The molecule has 4 nitrogen and oxygen atoms in total. The first-order chi connectivity index (χ1) is 10.7. The third-order valence-electron chi connectivity index (χ3n) is 3.44. The van der Waals surface area contributed by atoms with Gasteiger partial charge in [-0.2, -0.15) is 5.10 Å². The van der Waals surface area contributed by atoms with E-state index in [9.17, 15) is 4.79 Å². The maximum absolute atomic E-state index is 12.1. The van der Waals surface area contributed by atoms with Crippen molar-refractivity contribution in [2.45, 2.75) is 13.5 Å². The number of ether oxygens (including phenoxy) is 1. The number of carbonyl (C=O) groups is 1. The molecule has 0 radical (unpaired) electrons. The molecule has 1 aromatic heterocycles. The van der Waals surface area contributed by atoms with E-state index in [-0.39, 0.29) is 12.6 Å². The molecule has 0 fully saturated rings. The number of benzene rings is 2. The molecule has 3 aromatic rings. The van der Waals surface area contributed by atoms with Crippen LogP contribution in [0.5, 0.6) is 0 Å². The Morgan fingerprint density at radius 1 is 1.09 bits per heavy atom. The number of rotatable bonds is 4. The van der Waals surface area contributed by atoms with Crippen LogP contribution in [0.4, 0.5) is 0 Å². The average Bonchev–Trinajstić information content (AvgIpc) is 3.08. The van der Waals surface area contributed by atoms with Gasteiger partial charge in [0.25, 0.3) is 0 Å². The van der Waals surface area contributed by atoms with Crippen molar-refractivity contribution in [3.63, 3.8) is 0 Å². The minimum atomic E-state index is -0.297. The van der Waals surface area contributed by atoms with E-state index < -0.39 is 0 Å². The summed E-state index contributed by atoms with van der Waals surface area (Å²) < 4.78 is 7.15. The summed E-state index contributed by atoms with van der Waals surface area (Å²) in [5.41, 5.74) is 3.44. The predicted octanol–water partition coefficient (Wildman–Crippen LogP) is 3.54. The number of hydrogen-bond donors (Lipinski definition) is 0. The van der Waals surface area contributed by atoms with E-state index in [1.165, 1.54) is 0 Å². The number of esters is 1. The van der Waals surface area contributed by atoms with Crippen LogP contribution in [0.2, 0.25) is 0 Å². The molecule has 0 unspecified atom stereocenters. The maximum Gasteiger partial charge on any atom is 0.338 e. The van der Waals surface area contributed by atoms with Crippen LogP contribution in [0.1, 0.15) is 21.5 Å². The molecule has 0 amide bonds. The molecule has 110 valence electrons. The number of hydrogen-bond acceptors (Lipinski definition) is 3. The number of aromatic nitrogens is 2. The van der Waals surface area contributed by atoms with Crippen molar-refractivity contribution in [2.24, 2.45) is 0 Å². The third kappa shape index (κ3) is 3.06. The number of carbonyl (C=O) groups excluding carboxylic acids is 1. The molecular weight excluding hydrogens is 276 g/mol. The number of nitrogens with zero attached hydrogens (tertiary/aromatic N) is 2. The Bertz CT molecular complexity index is 762. The lowest BCUT2D eigenvalue weighted by atomic mass is 10.1. The van der Waals surface area contributed by atoms with Crippen molar-refractivity contribution in [1.29, 1.82) is 0 Å². The second-order valence-corrected chi connectivity index (χ2v) is 5.01. The lowest BCUT2D eigenvalue weighted by Gasteiger charge is -2.08. The van der Waals surface area contributed by atoms with Gasteiger partial charge in [-0.1, -0.05) is 30.3 Å². The summed E-state index contributed by atoms with van der Waals surface area (Å²) in [4.78, 5) is 12.1. The smallest absolute Gasteiger partial charge is 0.338 e. The molecule has 0 aliphatic rings. The van der Waals surface area contributed by atoms with Gasteiger partial charge in [-0.15, -0.1) is 0 Å². The molecule has 0 atom stereocenters. The van der Waals surface area contributed by atoms with Gasteiger partial charge in [0.1, 0.15) is 6.61 Å². The summed E-state index contributed by atoms with van der Waals surface area (Å²) in [6, 6.07) is 17.0. The van der Waals surface area contributed by atoms with E-state index in [2.05, 4.69) is 5.10 Å². The second-order valence-electron chi connectivity index (χ2n) is 5.01. The van der Waals surface area contributed by atoms with E-state index in [0.29, 0.717) is 5.56 Å². The van der Waals surface area contributed by atoms with Crippen molar-refractivity contribution in [3.8, 4) is 5.69 Å². The van der Waals surface area contributed by atoms with Crippen molar-refractivity contribution < 1.29 is 9.53 Å². The fraction of sp³-hybridized carbons (Fsp3) is 0.111. The zero-order chi connectivity index (χ0) is 15.4. The largest absolute Gasteiger partial charge is 0.457 e. The third-order valence-corrected chi connectivity index (χ3v) is 3.44. The summed E-state index contributed by atoms with van der Waals surface area (Å²) in [6.45, 7) is 2.15. The SMILES string of the molecule is Cc1ccccc1C(=O)OCc1ccc(-n2cccn2)cc1. The highest BCUT2D eigenvalue weighted by Gasteiger charge is 2.09. The van der Waals surface area contributed by atoms with E-state index in [0.717, 1.165) is 16.8 Å². The zero-order valence-corrected chi connectivity index (χ0v) is 12.3. The first-order valence-corrected chi connectivity index (χ1v) is 7.06. The molecule has 1 heterocycles. The molecule has 0 aliphatic heterocycles. The van der Waals surface area contributed by atoms with Crippen LogP contribution in [0.15, 0.2) is 67.0 Å². The molecule has 22 heavy (non-hydrogen) atoms. The van der Waals surface area contributed by atoms with Crippen molar-refractivity contribution in [1.82, 2.24) is 9.78 Å². The average molecular weight is 292 g/mol. The summed E-state index contributed by atoms with van der Waals surface area (Å²) in [5.74, 6) is -0.297. The van der Waals surface area contributed by atoms with Gasteiger partial charge in [0.2, 0.25) is 0 Å². The lowest BCUT2D eigenvalue weighted by molar-refractivity contribution is 0.0472. The second kappa shape index (κ2) is 6.26. The van der Waals surface area contributed by atoms with Crippen LogP contribution in [0.3, 0.4) is 0 Å². The van der Waals surface area contributed by atoms with E-state index >= 15 is 0 Å². The summed E-state index contributed by atoms with van der Waals surface area (Å²) in [6.07, 6.45) is 3.62. The van der Waals surface area contributed by atoms with Gasteiger partial charge in [0.15, 0.2) is 0 Å². The standard InChI is InChI=1S/C18H16N2O2/c1-14-5-2-3-6-17(14)18(21)22-13-15-7-9-16(10-8-15)20-12-4-11-19-20/h2-12H,13H2,1H3. The highest BCUT2D eigenvalue weighted by molar-refractivity contribution is 5.90. The van der Waals surface area contributed by atoms with Gasteiger partial charge >= 0.3 is 5.97 Å². The zero-order valence-electron chi connectivity index (χ0n) is 12.3. The van der Waals surface area contributed by atoms with Crippen LogP contribution >= 0.6 is 0 Å². The van der Waals surface area contributed by atoms with E-state index in [1.807, 2.05) is 61.7 Å². The van der Waals surface area contributed by atoms with Crippen LogP contribution in [0, 0.1) is 6.92 Å². The lowest BCUT2D eigenvalue weighted by Crippen LogP contribution is -2.07. The monoisotopic (exact) mass is 292 g/mol. The molecule has 0 spiro atoms. The van der Waals surface area contributed by atoms with Gasteiger partial charge in [-0.05, 0) is 42.3 Å². The summed E-state index contributed by atoms with van der Waals surface area (Å²) in [5, 5.41) is 4.17. The Hall–Kier alpha value is -2.88. The van der Waals surface area contributed by atoms with Gasteiger partial charge < -0.3 is 4.74 Å². The fourth-order valence-electron chi connectivity index (χ4n) is 2.20. The van der Waals surface area contributed by atoms with Crippen LogP contribution < -0.4 is 0 Å². The molecule has 3 rings (SSSR count). The Morgan fingerprint density at radius 2 is 1.86 bits per heavy atom. The molecule has 0 aliphatic carbocycles. The molecule has 4 heteroatoms. The van der Waals surface area contributed by atoms with Gasteiger partial charge in [-0.25, -0.2) is 9.48 Å². The Labute approximate surface area is 129 Å². The quantitative estimate of drug-likeness (QED) is 0.691.